The summed E-state index contributed by atoms with van der Waals surface area (Å²) < 4.78 is 4.63. The monoisotopic (exact) mass is 175 g/mol. The second kappa shape index (κ2) is 5.54. The highest BCUT2D eigenvalue weighted by molar-refractivity contribution is 5.81. The molecule has 2 N–H and O–H groups in total. The lowest BCUT2D eigenvalue weighted by atomic mass is 10.2. The fraction of sp³-hybridized carbons (Fsp3) is 0.714. The maximum absolute atomic E-state index is 11.0. The van der Waals surface area contributed by atoms with Crippen molar-refractivity contribution in [2.75, 3.05) is 13.7 Å². The normalized spacial score (nSPS) is 12.2. The lowest BCUT2D eigenvalue weighted by molar-refractivity contribution is -0.149. The molecule has 5 nitrogen and oxygen atoms in total. The van der Waals surface area contributed by atoms with Crippen LogP contribution in [0.5, 0.6) is 0 Å². The summed E-state index contributed by atoms with van der Waals surface area (Å²) in [4.78, 5) is 21.2. The largest absolute Gasteiger partial charge is 0.481 e. The van der Waals surface area contributed by atoms with Crippen molar-refractivity contribution in [3.05, 3.63) is 0 Å². The molecule has 0 fully saturated rings. The second-order valence-electron chi connectivity index (χ2n) is 2.19. The maximum atomic E-state index is 11.0. The Kier molecular flexibility index (Phi) is 5.03. The van der Waals surface area contributed by atoms with Crippen LogP contribution in [0.15, 0.2) is 0 Å². The lowest BCUT2D eigenvalue weighted by Gasteiger charge is -2.11. The number of likely N-dealkylation sites (N-methyl/N-ethyl adjacent to an activating group) is 1. The van der Waals surface area contributed by atoms with E-state index >= 15 is 0 Å². The molecular weight excluding hydrogens is 162 g/mol. The van der Waals surface area contributed by atoms with Gasteiger partial charge >= 0.3 is 11.9 Å². The molecule has 0 saturated carbocycles. The smallest absolute Gasteiger partial charge is 0.323 e. The Balaban J connectivity index is 3.96. The molecule has 70 valence electrons. The first kappa shape index (κ1) is 10.9. The first-order valence-electron chi connectivity index (χ1n) is 3.67. The number of nitrogens with one attached hydrogen (secondary N) is 1. The molecule has 0 aliphatic rings. The summed E-state index contributed by atoms with van der Waals surface area (Å²) in [5.74, 6) is -1.55. The summed E-state index contributed by atoms with van der Waals surface area (Å²) in [6.45, 7) is 1.93. The molecule has 0 saturated heterocycles. The molecule has 0 aromatic heterocycles. The summed E-state index contributed by atoms with van der Waals surface area (Å²) in [5.41, 5.74) is 0. The van der Waals surface area contributed by atoms with Crippen LogP contribution in [-0.4, -0.2) is 36.7 Å². The molecule has 0 radical (unpaired) electrons. The third kappa shape index (κ3) is 3.92. The first-order valence-corrected chi connectivity index (χ1v) is 3.67. The van der Waals surface area contributed by atoms with E-state index in [0.29, 0.717) is 0 Å². The van der Waals surface area contributed by atoms with Crippen molar-refractivity contribution < 1.29 is 19.4 Å². The molecule has 1 unspecified atom stereocenters. The molecule has 0 heterocycles. The van der Waals surface area contributed by atoms with Gasteiger partial charge in [0.05, 0.1) is 13.0 Å². The zero-order valence-corrected chi connectivity index (χ0v) is 7.16. The van der Waals surface area contributed by atoms with Gasteiger partial charge in [-0.3, -0.25) is 9.59 Å². The first-order chi connectivity index (χ1) is 5.61. The van der Waals surface area contributed by atoms with E-state index in [4.69, 9.17) is 5.11 Å². The van der Waals surface area contributed by atoms with Crippen molar-refractivity contribution in [1.82, 2.24) is 5.32 Å². The van der Waals surface area contributed by atoms with Gasteiger partial charge in [-0.2, -0.15) is 0 Å². The number of hydrogen-bond donors (Lipinski definition) is 2. The van der Waals surface area contributed by atoms with Crippen molar-refractivity contribution in [1.29, 1.82) is 0 Å². The van der Waals surface area contributed by atoms with E-state index < -0.39 is 18.0 Å². The second-order valence-corrected chi connectivity index (χ2v) is 2.19. The van der Waals surface area contributed by atoms with Crippen LogP contribution in [0.3, 0.4) is 0 Å². The van der Waals surface area contributed by atoms with Gasteiger partial charge in [0, 0.05) is 0 Å². The highest BCUT2D eigenvalue weighted by Gasteiger charge is 2.20. The minimum atomic E-state index is -1.03. The topological polar surface area (TPSA) is 75.6 Å². The van der Waals surface area contributed by atoms with Gasteiger partial charge in [-0.25, -0.2) is 0 Å². The predicted molar refractivity (Wildman–Crippen MR) is 41.7 cm³/mol. The van der Waals surface area contributed by atoms with Crippen LogP contribution in [0.2, 0.25) is 0 Å². The van der Waals surface area contributed by atoms with E-state index in [0.717, 1.165) is 0 Å². The number of hydrogen-bond acceptors (Lipinski definition) is 4. The van der Waals surface area contributed by atoms with Gasteiger partial charge in [0.25, 0.3) is 0 Å². The van der Waals surface area contributed by atoms with Crippen LogP contribution in [-0.2, 0) is 14.3 Å². The Labute approximate surface area is 70.7 Å². The maximum Gasteiger partial charge on any atom is 0.323 e. The highest BCUT2D eigenvalue weighted by Crippen LogP contribution is 1.94. The van der Waals surface area contributed by atoms with Gasteiger partial charge in [-0.05, 0) is 14.0 Å². The van der Waals surface area contributed by atoms with Gasteiger partial charge in [0.15, 0.2) is 0 Å². The third-order valence-electron chi connectivity index (χ3n) is 1.30. The minimum absolute atomic E-state index is 0.255. The van der Waals surface area contributed by atoms with Crippen LogP contribution in [0.1, 0.15) is 13.3 Å². The van der Waals surface area contributed by atoms with Crippen molar-refractivity contribution in [3.63, 3.8) is 0 Å². The van der Waals surface area contributed by atoms with Crippen LogP contribution in [0.25, 0.3) is 0 Å². The average molecular weight is 175 g/mol. The predicted octanol–water partition coefficient (Wildman–Crippen LogP) is -0.388. The van der Waals surface area contributed by atoms with E-state index in [2.05, 4.69) is 10.1 Å². The van der Waals surface area contributed by atoms with Gasteiger partial charge in [-0.1, -0.05) is 0 Å². The van der Waals surface area contributed by atoms with E-state index in [9.17, 15) is 9.59 Å². The molecule has 5 heteroatoms. The summed E-state index contributed by atoms with van der Waals surface area (Å²) in [6.07, 6.45) is -0.255. The standard InChI is InChI=1S/C7H13NO4/c1-3-12-7(11)5(8-2)4-6(9)10/h5,8H,3-4H2,1-2H3,(H,9,10). The highest BCUT2D eigenvalue weighted by atomic mass is 16.5. The van der Waals surface area contributed by atoms with Gasteiger partial charge < -0.3 is 15.2 Å². The number of carbonyl (C=O) groups is 2. The Morgan fingerprint density at radius 3 is 2.50 bits per heavy atom. The van der Waals surface area contributed by atoms with Crippen LogP contribution >= 0.6 is 0 Å². The molecule has 0 aromatic rings. The molecule has 0 aromatic carbocycles. The Hall–Kier alpha value is -1.10. The molecule has 0 aliphatic heterocycles. The van der Waals surface area contributed by atoms with Crippen molar-refractivity contribution in [2.24, 2.45) is 0 Å². The Morgan fingerprint density at radius 2 is 2.17 bits per heavy atom. The molecule has 0 amide bonds. The van der Waals surface area contributed by atoms with Crippen LogP contribution in [0, 0.1) is 0 Å². The summed E-state index contributed by atoms with van der Waals surface area (Å²) in [7, 11) is 1.52. The van der Waals surface area contributed by atoms with Crippen molar-refractivity contribution in [3.8, 4) is 0 Å². The number of ether oxygens (including phenoxy) is 1. The van der Waals surface area contributed by atoms with Crippen molar-refractivity contribution >= 4 is 11.9 Å². The Morgan fingerprint density at radius 1 is 1.58 bits per heavy atom. The zero-order valence-electron chi connectivity index (χ0n) is 7.16. The molecule has 0 aliphatic carbocycles. The average Bonchev–Trinajstić information content (AvgIpc) is 2.00. The number of carboxylic acid groups (broad SMARTS) is 1. The molecular formula is C7H13NO4. The molecule has 12 heavy (non-hydrogen) atoms. The number of carboxylic acids is 1. The quantitative estimate of drug-likeness (QED) is 0.557. The van der Waals surface area contributed by atoms with E-state index in [-0.39, 0.29) is 13.0 Å². The number of carbonyl (C=O) groups excluding carboxylic acids is 1. The Bertz CT molecular complexity index is 169. The lowest BCUT2D eigenvalue weighted by Crippen LogP contribution is -2.37. The van der Waals surface area contributed by atoms with Gasteiger partial charge in [-0.15, -0.1) is 0 Å². The van der Waals surface area contributed by atoms with Crippen molar-refractivity contribution in [2.45, 2.75) is 19.4 Å². The molecule has 1 atom stereocenters. The SMILES string of the molecule is CCOC(=O)C(CC(=O)O)NC. The van der Waals surface area contributed by atoms with E-state index in [1.807, 2.05) is 0 Å². The molecule has 0 spiro atoms. The van der Waals surface area contributed by atoms with Crippen LogP contribution < -0.4 is 5.32 Å². The van der Waals surface area contributed by atoms with E-state index in [1.54, 1.807) is 6.92 Å². The van der Waals surface area contributed by atoms with Gasteiger partial charge in [0.1, 0.15) is 6.04 Å². The van der Waals surface area contributed by atoms with E-state index in [1.165, 1.54) is 7.05 Å². The molecule has 0 rings (SSSR count). The number of aliphatic carboxylic acids is 1. The van der Waals surface area contributed by atoms with Crippen LogP contribution in [0.4, 0.5) is 0 Å². The summed E-state index contributed by atoms with van der Waals surface area (Å²) >= 11 is 0. The number of esters is 1. The minimum Gasteiger partial charge on any atom is -0.481 e. The van der Waals surface area contributed by atoms with Gasteiger partial charge in [0.2, 0.25) is 0 Å². The molecule has 0 bridgehead atoms. The zero-order chi connectivity index (χ0) is 9.56. The summed E-state index contributed by atoms with van der Waals surface area (Å²) in [5, 5.41) is 10.9. The fourth-order valence-corrected chi connectivity index (χ4v) is 0.721. The summed E-state index contributed by atoms with van der Waals surface area (Å²) in [6, 6.07) is -0.748. The third-order valence-corrected chi connectivity index (χ3v) is 1.30. The fourth-order valence-electron chi connectivity index (χ4n) is 0.721. The number of rotatable bonds is 5.